The van der Waals surface area contributed by atoms with E-state index in [4.69, 9.17) is 0 Å². The van der Waals surface area contributed by atoms with E-state index in [0.717, 1.165) is 16.2 Å². The molecule has 0 unspecified atom stereocenters. The predicted molar refractivity (Wildman–Crippen MR) is 86.5 cm³/mol. The molecule has 102 valence electrons. The van der Waals surface area contributed by atoms with Crippen molar-refractivity contribution in [1.82, 2.24) is 14.6 Å². The van der Waals surface area contributed by atoms with Crippen LogP contribution >= 0.6 is 11.3 Å². The zero-order chi connectivity index (χ0) is 14.2. The second-order valence-corrected chi connectivity index (χ2v) is 5.95. The van der Waals surface area contributed by atoms with Gasteiger partial charge in [-0.15, -0.1) is 0 Å². The largest absolute Gasteiger partial charge is 0.213 e. The van der Waals surface area contributed by atoms with Gasteiger partial charge < -0.3 is 0 Å². The van der Waals surface area contributed by atoms with E-state index in [1.807, 2.05) is 10.6 Å². The van der Waals surface area contributed by atoms with E-state index in [1.165, 1.54) is 16.0 Å². The first kappa shape index (κ1) is 12.3. The summed E-state index contributed by atoms with van der Waals surface area (Å²) in [5.74, 6) is 0. The van der Waals surface area contributed by atoms with E-state index in [0.29, 0.717) is 0 Å². The molecule has 0 saturated heterocycles. The van der Waals surface area contributed by atoms with Gasteiger partial charge in [0.25, 0.3) is 0 Å². The lowest BCUT2D eigenvalue weighted by atomic mass is 10.1. The maximum Gasteiger partial charge on any atom is 0.213 e. The van der Waals surface area contributed by atoms with Gasteiger partial charge in [-0.25, -0.2) is 9.50 Å². The molecule has 2 aromatic heterocycles. The maximum absolute atomic E-state index is 4.38. The highest BCUT2D eigenvalue weighted by atomic mass is 32.1. The number of fused-ring (bicyclic) bond motifs is 1. The van der Waals surface area contributed by atoms with Crippen molar-refractivity contribution in [3.05, 3.63) is 66.5 Å². The molecule has 4 aromatic rings. The number of aromatic nitrogens is 3. The summed E-state index contributed by atoms with van der Waals surface area (Å²) in [6, 6.07) is 18.9. The molecule has 3 nitrogen and oxygen atoms in total. The first-order chi connectivity index (χ1) is 10.3. The molecule has 0 amide bonds. The molecule has 0 fully saturated rings. The number of nitrogens with zero attached hydrogens (tertiary/aromatic N) is 3. The van der Waals surface area contributed by atoms with Gasteiger partial charge in [-0.1, -0.05) is 71.5 Å². The fraction of sp³-hybridized carbons (Fsp3) is 0.0588. The van der Waals surface area contributed by atoms with Gasteiger partial charge in [0.2, 0.25) is 4.96 Å². The summed E-state index contributed by atoms with van der Waals surface area (Å²) in [6.07, 6.45) is 1.61. The third-order valence-corrected chi connectivity index (χ3v) is 4.56. The van der Waals surface area contributed by atoms with E-state index < -0.39 is 0 Å². The summed E-state index contributed by atoms with van der Waals surface area (Å²) in [6.45, 7) is 2.11. The molecule has 0 aliphatic heterocycles. The minimum absolute atomic E-state index is 0.922. The van der Waals surface area contributed by atoms with E-state index in [-0.39, 0.29) is 0 Å². The van der Waals surface area contributed by atoms with Crippen LogP contribution in [0.15, 0.2) is 60.9 Å². The van der Waals surface area contributed by atoms with Crippen molar-refractivity contribution < 1.29 is 0 Å². The lowest BCUT2D eigenvalue weighted by molar-refractivity contribution is 0.985. The SMILES string of the molecule is Cc1cccc(-c2sc3ncnn3c2-c2ccccc2)c1. The van der Waals surface area contributed by atoms with Crippen molar-refractivity contribution in [1.29, 1.82) is 0 Å². The van der Waals surface area contributed by atoms with Gasteiger partial charge in [0, 0.05) is 5.56 Å². The molecule has 4 heteroatoms. The number of aryl methyl sites for hydroxylation is 1. The van der Waals surface area contributed by atoms with Crippen LogP contribution in [0.5, 0.6) is 0 Å². The fourth-order valence-electron chi connectivity index (χ4n) is 2.52. The first-order valence-electron chi connectivity index (χ1n) is 6.78. The number of hydrogen-bond acceptors (Lipinski definition) is 3. The van der Waals surface area contributed by atoms with E-state index in [2.05, 4.69) is 65.5 Å². The maximum atomic E-state index is 4.38. The van der Waals surface area contributed by atoms with Gasteiger partial charge in [-0.3, -0.25) is 0 Å². The Morgan fingerprint density at radius 2 is 1.76 bits per heavy atom. The molecule has 0 aliphatic carbocycles. The summed E-state index contributed by atoms with van der Waals surface area (Å²) in [4.78, 5) is 6.47. The first-order valence-corrected chi connectivity index (χ1v) is 7.59. The van der Waals surface area contributed by atoms with E-state index in [1.54, 1.807) is 17.7 Å². The third kappa shape index (κ3) is 2.04. The average molecular weight is 291 g/mol. The summed E-state index contributed by atoms with van der Waals surface area (Å²) >= 11 is 1.68. The second kappa shape index (κ2) is 4.82. The summed E-state index contributed by atoms with van der Waals surface area (Å²) in [5, 5.41) is 4.38. The zero-order valence-electron chi connectivity index (χ0n) is 11.5. The summed E-state index contributed by atoms with van der Waals surface area (Å²) in [7, 11) is 0. The minimum atomic E-state index is 0.922. The molecular weight excluding hydrogens is 278 g/mol. The lowest BCUT2D eigenvalue weighted by Gasteiger charge is -2.05. The van der Waals surface area contributed by atoms with Crippen LogP contribution in [-0.2, 0) is 0 Å². The molecule has 0 aliphatic rings. The molecule has 0 spiro atoms. The Hall–Kier alpha value is -2.46. The van der Waals surface area contributed by atoms with Crippen LogP contribution in [0.4, 0.5) is 0 Å². The van der Waals surface area contributed by atoms with Crippen molar-refractivity contribution in [3.8, 4) is 21.7 Å². The summed E-state index contributed by atoms with van der Waals surface area (Å²) in [5.41, 5.74) is 4.74. The van der Waals surface area contributed by atoms with Crippen LogP contribution in [0.2, 0.25) is 0 Å². The zero-order valence-corrected chi connectivity index (χ0v) is 12.3. The van der Waals surface area contributed by atoms with Gasteiger partial charge in [0.05, 0.1) is 10.6 Å². The van der Waals surface area contributed by atoms with Crippen molar-refractivity contribution in [2.75, 3.05) is 0 Å². The van der Waals surface area contributed by atoms with Crippen molar-refractivity contribution in [2.45, 2.75) is 6.92 Å². The van der Waals surface area contributed by atoms with Gasteiger partial charge in [0.1, 0.15) is 6.33 Å². The van der Waals surface area contributed by atoms with Crippen LogP contribution in [-0.4, -0.2) is 14.6 Å². The quantitative estimate of drug-likeness (QED) is 0.547. The molecular formula is C17H13N3S. The standard InChI is InChI=1S/C17H13N3S/c1-12-6-5-9-14(10-12)16-15(13-7-3-2-4-8-13)20-17(21-16)18-11-19-20/h2-11H,1H3. The van der Waals surface area contributed by atoms with Gasteiger partial charge in [-0.05, 0) is 12.5 Å². The Morgan fingerprint density at radius 3 is 2.57 bits per heavy atom. The van der Waals surface area contributed by atoms with Crippen LogP contribution in [0.1, 0.15) is 5.56 Å². The highest BCUT2D eigenvalue weighted by Crippen LogP contribution is 2.38. The van der Waals surface area contributed by atoms with E-state index in [9.17, 15) is 0 Å². The molecule has 0 atom stereocenters. The normalized spacial score (nSPS) is 11.1. The van der Waals surface area contributed by atoms with Crippen molar-refractivity contribution in [3.63, 3.8) is 0 Å². The van der Waals surface area contributed by atoms with Crippen molar-refractivity contribution >= 4 is 16.3 Å². The van der Waals surface area contributed by atoms with Gasteiger partial charge in [-0.2, -0.15) is 5.10 Å². The second-order valence-electron chi connectivity index (χ2n) is 4.97. The number of hydrogen-bond donors (Lipinski definition) is 0. The van der Waals surface area contributed by atoms with Gasteiger partial charge >= 0.3 is 0 Å². The van der Waals surface area contributed by atoms with Crippen LogP contribution in [0, 0.1) is 6.92 Å². The fourth-order valence-corrected chi connectivity index (χ4v) is 3.57. The highest BCUT2D eigenvalue weighted by Gasteiger charge is 2.17. The number of thiazole rings is 1. The van der Waals surface area contributed by atoms with Crippen molar-refractivity contribution in [2.24, 2.45) is 0 Å². The predicted octanol–water partition coefficient (Wildman–Crippen LogP) is 4.43. The lowest BCUT2D eigenvalue weighted by Crippen LogP contribution is -1.90. The molecule has 0 radical (unpaired) electrons. The molecule has 0 bridgehead atoms. The Kier molecular flexibility index (Phi) is 2.82. The smallest absolute Gasteiger partial charge is 0.206 e. The monoisotopic (exact) mass is 291 g/mol. The topological polar surface area (TPSA) is 30.2 Å². The third-order valence-electron chi connectivity index (χ3n) is 3.46. The minimum Gasteiger partial charge on any atom is -0.206 e. The number of rotatable bonds is 2. The van der Waals surface area contributed by atoms with Crippen LogP contribution < -0.4 is 0 Å². The van der Waals surface area contributed by atoms with Crippen LogP contribution in [0.3, 0.4) is 0 Å². The van der Waals surface area contributed by atoms with E-state index >= 15 is 0 Å². The average Bonchev–Trinajstić information content (AvgIpc) is 3.08. The molecule has 4 rings (SSSR count). The Labute approximate surface area is 126 Å². The summed E-state index contributed by atoms with van der Waals surface area (Å²) < 4.78 is 1.93. The number of benzene rings is 2. The molecule has 2 aromatic carbocycles. The molecule has 0 saturated carbocycles. The molecule has 0 N–H and O–H groups in total. The Morgan fingerprint density at radius 1 is 0.952 bits per heavy atom. The molecule has 2 heterocycles. The molecule has 21 heavy (non-hydrogen) atoms. The highest BCUT2D eigenvalue weighted by molar-refractivity contribution is 7.20. The van der Waals surface area contributed by atoms with Crippen LogP contribution in [0.25, 0.3) is 26.7 Å². The van der Waals surface area contributed by atoms with Gasteiger partial charge in [0.15, 0.2) is 0 Å². The Bertz CT molecular complexity index is 906. The Balaban J connectivity index is 2.03.